The molecule has 0 aliphatic heterocycles. The van der Waals surface area contributed by atoms with Crippen LogP contribution in [0, 0.1) is 5.92 Å². The maximum absolute atomic E-state index is 9.51. The molecule has 1 saturated carbocycles. The molecule has 1 atom stereocenters. The van der Waals surface area contributed by atoms with Crippen LogP contribution in [0.15, 0.2) is 30.3 Å². The van der Waals surface area contributed by atoms with Crippen LogP contribution in [0.1, 0.15) is 38.2 Å². The summed E-state index contributed by atoms with van der Waals surface area (Å²) < 4.78 is 0. The Labute approximate surface area is 110 Å². The number of nitrogens with one attached hydrogen (secondary N) is 1. The monoisotopic (exact) mass is 247 g/mol. The topological polar surface area (TPSA) is 32.3 Å². The van der Waals surface area contributed by atoms with E-state index < -0.39 is 0 Å². The molecule has 1 fully saturated rings. The highest BCUT2D eigenvalue weighted by molar-refractivity contribution is 5.16. The van der Waals surface area contributed by atoms with E-state index in [1.165, 1.54) is 31.2 Å². The number of rotatable bonds is 5. The van der Waals surface area contributed by atoms with Crippen LogP contribution in [0.2, 0.25) is 0 Å². The van der Waals surface area contributed by atoms with Crippen molar-refractivity contribution in [1.29, 1.82) is 0 Å². The summed E-state index contributed by atoms with van der Waals surface area (Å²) in [6, 6.07) is 11.2. The van der Waals surface area contributed by atoms with Gasteiger partial charge in [-0.2, -0.15) is 0 Å². The fraction of sp³-hybridized carbons (Fsp3) is 0.625. The van der Waals surface area contributed by atoms with Crippen molar-refractivity contribution in [3.8, 4) is 0 Å². The van der Waals surface area contributed by atoms with Crippen LogP contribution in [0.3, 0.4) is 0 Å². The predicted molar refractivity (Wildman–Crippen MR) is 75.6 cm³/mol. The van der Waals surface area contributed by atoms with E-state index in [0.717, 1.165) is 12.3 Å². The van der Waals surface area contributed by atoms with Gasteiger partial charge in [-0.1, -0.05) is 37.3 Å². The number of aliphatic hydroxyl groups excluding tert-OH is 1. The summed E-state index contributed by atoms with van der Waals surface area (Å²) in [5.41, 5.74) is 1.30. The number of aliphatic hydroxyl groups is 1. The molecular formula is C16H25NO. The van der Waals surface area contributed by atoms with Crippen molar-refractivity contribution in [1.82, 2.24) is 5.32 Å². The van der Waals surface area contributed by atoms with Gasteiger partial charge in [-0.05, 0) is 43.6 Å². The number of hydrogen-bond donors (Lipinski definition) is 2. The Morgan fingerprint density at radius 3 is 2.44 bits per heavy atom. The molecule has 0 amide bonds. The maximum Gasteiger partial charge on any atom is 0.0587 e. The number of hydrogen-bond acceptors (Lipinski definition) is 2. The molecule has 0 radical (unpaired) electrons. The average Bonchev–Trinajstić information content (AvgIpc) is 2.41. The molecule has 1 aromatic rings. The molecule has 0 saturated heterocycles. The first-order chi connectivity index (χ1) is 8.78. The molecule has 1 aliphatic rings. The standard InChI is InChI=1S/C16H25NO/c1-13-7-9-15(10-8-13)17-16(12-18)11-14-5-3-2-4-6-14/h2-6,13,15-18H,7-12H2,1H3/t13?,15?,16-/m0/s1. The van der Waals surface area contributed by atoms with Crippen molar-refractivity contribution in [3.05, 3.63) is 35.9 Å². The molecule has 0 unspecified atom stereocenters. The van der Waals surface area contributed by atoms with Crippen LogP contribution in [0.25, 0.3) is 0 Å². The zero-order chi connectivity index (χ0) is 12.8. The van der Waals surface area contributed by atoms with Crippen LogP contribution in [0.4, 0.5) is 0 Å². The Morgan fingerprint density at radius 2 is 1.83 bits per heavy atom. The molecule has 2 nitrogen and oxygen atoms in total. The Hall–Kier alpha value is -0.860. The quantitative estimate of drug-likeness (QED) is 0.838. The second-order valence-corrected chi connectivity index (χ2v) is 5.69. The normalized spacial score (nSPS) is 25.9. The van der Waals surface area contributed by atoms with Gasteiger partial charge in [0.1, 0.15) is 0 Å². The van der Waals surface area contributed by atoms with Crippen molar-refractivity contribution < 1.29 is 5.11 Å². The minimum absolute atomic E-state index is 0.200. The Kier molecular flexibility index (Phi) is 5.21. The van der Waals surface area contributed by atoms with E-state index in [4.69, 9.17) is 0 Å². The van der Waals surface area contributed by atoms with Crippen LogP contribution in [0.5, 0.6) is 0 Å². The average molecular weight is 247 g/mol. The third-order valence-electron chi connectivity index (χ3n) is 4.03. The highest BCUT2D eigenvalue weighted by Gasteiger charge is 2.20. The molecule has 0 spiro atoms. The second kappa shape index (κ2) is 6.91. The van der Waals surface area contributed by atoms with Gasteiger partial charge in [0.05, 0.1) is 6.61 Å². The van der Waals surface area contributed by atoms with Crippen LogP contribution in [-0.4, -0.2) is 23.8 Å². The number of benzene rings is 1. The first-order valence-corrected chi connectivity index (χ1v) is 7.18. The van der Waals surface area contributed by atoms with Crippen LogP contribution < -0.4 is 5.32 Å². The maximum atomic E-state index is 9.51. The van der Waals surface area contributed by atoms with E-state index in [-0.39, 0.29) is 12.6 Å². The van der Waals surface area contributed by atoms with Gasteiger partial charge >= 0.3 is 0 Å². The van der Waals surface area contributed by atoms with Gasteiger partial charge in [0.25, 0.3) is 0 Å². The zero-order valence-electron chi connectivity index (χ0n) is 11.3. The first kappa shape index (κ1) is 13.6. The van der Waals surface area contributed by atoms with Crippen molar-refractivity contribution in [2.75, 3.05) is 6.61 Å². The van der Waals surface area contributed by atoms with Crippen molar-refractivity contribution in [3.63, 3.8) is 0 Å². The third kappa shape index (κ3) is 4.11. The molecule has 2 N–H and O–H groups in total. The van der Waals surface area contributed by atoms with Crippen molar-refractivity contribution in [2.24, 2.45) is 5.92 Å². The van der Waals surface area contributed by atoms with E-state index in [0.29, 0.717) is 6.04 Å². The summed E-state index contributed by atoms with van der Waals surface area (Å²) in [5, 5.41) is 13.1. The summed E-state index contributed by atoms with van der Waals surface area (Å²) in [4.78, 5) is 0. The molecular weight excluding hydrogens is 222 g/mol. The zero-order valence-corrected chi connectivity index (χ0v) is 11.3. The molecule has 0 heterocycles. The lowest BCUT2D eigenvalue weighted by atomic mass is 9.87. The minimum atomic E-state index is 0.200. The SMILES string of the molecule is CC1CCC(N[C@H](CO)Cc2ccccc2)CC1. The van der Waals surface area contributed by atoms with Gasteiger partial charge in [0.15, 0.2) is 0 Å². The molecule has 2 rings (SSSR count). The van der Waals surface area contributed by atoms with Gasteiger partial charge < -0.3 is 10.4 Å². The van der Waals surface area contributed by atoms with E-state index in [2.05, 4.69) is 36.5 Å². The first-order valence-electron chi connectivity index (χ1n) is 7.18. The third-order valence-corrected chi connectivity index (χ3v) is 4.03. The van der Waals surface area contributed by atoms with Crippen LogP contribution in [-0.2, 0) is 6.42 Å². The smallest absolute Gasteiger partial charge is 0.0587 e. The molecule has 0 aromatic heterocycles. The van der Waals surface area contributed by atoms with Gasteiger partial charge in [-0.3, -0.25) is 0 Å². The lowest BCUT2D eigenvalue weighted by Gasteiger charge is -2.30. The summed E-state index contributed by atoms with van der Waals surface area (Å²) in [5.74, 6) is 0.879. The second-order valence-electron chi connectivity index (χ2n) is 5.69. The van der Waals surface area contributed by atoms with E-state index >= 15 is 0 Å². The van der Waals surface area contributed by atoms with Crippen LogP contribution >= 0.6 is 0 Å². The van der Waals surface area contributed by atoms with Gasteiger partial charge in [0.2, 0.25) is 0 Å². The predicted octanol–water partition coefficient (Wildman–Crippen LogP) is 2.76. The Balaban J connectivity index is 1.82. The Morgan fingerprint density at radius 1 is 1.17 bits per heavy atom. The van der Waals surface area contributed by atoms with Crippen molar-refractivity contribution in [2.45, 2.75) is 51.1 Å². The fourth-order valence-electron chi connectivity index (χ4n) is 2.83. The highest BCUT2D eigenvalue weighted by Crippen LogP contribution is 2.23. The summed E-state index contributed by atoms with van der Waals surface area (Å²) in [6.45, 7) is 2.56. The van der Waals surface area contributed by atoms with Gasteiger partial charge in [0, 0.05) is 12.1 Å². The van der Waals surface area contributed by atoms with Crippen molar-refractivity contribution >= 4 is 0 Å². The molecule has 0 bridgehead atoms. The lowest BCUT2D eigenvalue weighted by Crippen LogP contribution is -2.43. The van der Waals surface area contributed by atoms with E-state index in [9.17, 15) is 5.11 Å². The molecule has 100 valence electrons. The largest absolute Gasteiger partial charge is 0.395 e. The summed E-state index contributed by atoms with van der Waals surface area (Å²) >= 11 is 0. The molecule has 18 heavy (non-hydrogen) atoms. The molecule has 1 aliphatic carbocycles. The molecule has 2 heteroatoms. The Bertz CT molecular complexity index is 330. The van der Waals surface area contributed by atoms with E-state index in [1.807, 2.05) is 6.07 Å². The van der Waals surface area contributed by atoms with Gasteiger partial charge in [-0.25, -0.2) is 0 Å². The minimum Gasteiger partial charge on any atom is -0.395 e. The summed E-state index contributed by atoms with van der Waals surface area (Å²) in [7, 11) is 0. The summed E-state index contributed by atoms with van der Waals surface area (Å²) in [6.07, 6.45) is 6.07. The van der Waals surface area contributed by atoms with E-state index in [1.54, 1.807) is 0 Å². The van der Waals surface area contributed by atoms with Gasteiger partial charge in [-0.15, -0.1) is 0 Å². The highest BCUT2D eigenvalue weighted by atomic mass is 16.3. The lowest BCUT2D eigenvalue weighted by molar-refractivity contribution is 0.209. The molecule has 1 aromatic carbocycles. The fourth-order valence-corrected chi connectivity index (χ4v) is 2.83.